The van der Waals surface area contributed by atoms with Crippen molar-refractivity contribution in [1.82, 2.24) is 15.2 Å². The van der Waals surface area contributed by atoms with E-state index in [0.29, 0.717) is 18.8 Å². The standard InChI is InChI=1S/C26H27ClF3N3O2/c1-4-21(33(2)3)23(32-25(34)24-22(27)20(13-14-31-24)26(28,29)30)18-11-8-12-19(15-18)35-16-17-9-6-5-7-10-17/h5-15,21,23H,4,16H2,1-3H3,(H,32,34)/t21-,23-/m0/s1. The summed E-state index contributed by atoms with van der Waals surface area (Å²) in [5, 5.41) is 2.12. The molecule has 0 radical (unpaired) electrons. The van der Waals surface area contributed by atoms with Crippen molar-refractivity contribution in [2.75, 3.05) is 14.1 Å². The maximum Gasteiger partial charge on any atom is 0.417 e. The molecule has 0 unspecified atom stereocenters. The van der Waals surface area contributed by atoms with Crippen LogP contribution in [-0.4, -0.2) is 35.9 Å². The molecule has 0 bridgehead atoms. The van der Waals surface area contributed by atoms with Crippen molar-refractivity contribution < 1.29 is 22.7 Å². The highest BCUT2D eigenvalue weighted by atomic mass is 35.5. The summed E-state index contributed by atoms with van der Waals surface area (Å²) in [6.45, 7) is 2.34. The molecule has 35 heavy (non-hydrogen) atoms. The Morgan fingerprint density at radius 1 is 1.11 bits per heavy atom. The lowest BCUT2D eigenvalue weighted by Gasteiger charge is -2.33. The number of aromatic nitrogens is 1. The molecular formula is C26H27ClF3N3O2. The second kappa shape index (κ2) is 11.6. The number of hydrogen-bond acceptors (Lipinski definition) is 4. The zero-order chi connectivity index (χ0) is 25.6. The number of rotatable bonds is 9. The number of hydrogen-bond donors (Lipinski definition) is 1. The van der Waals surface area contributed by atoms with Gasteiger partial charge < -0.3 is 15.0 Å². The average molecular weight is 506 g/mol. The lowest BCUT2D eigenvalue weighted by molar-refractivity contribution is -0.137. The van der Waals surface area contributed by atoms with Crippen LogP contribution in [0.15, 0.2) is 66.9 Å². The second-order valence-electron chi connectivity index (χ2n) is 8.26. The van der Waals surface area contributed by atoms with Crippen molar-refractivity contribution in [2.24, 2.45) is 0 Å². The van der Waals surface area contributed by atoms with E-state index in [-0.39, 0.29) is 6.04 Å². The van der Waals surface area contributed by atoms with Crippen LogP contribution in [0, 0.1) is 0 Å². The molecule has 0 aliphatic carbocycles. The maximum atomic E-state index is 13.3. The van der Waals surface area contributed by atoms with Crippen LogP contribution in [0.5, 0.6) is 5.75 Å². The lowest BCUT2D eigenvalue weighted by Crippen LogP contribution is -2.43. The van der Waals surface area contributed by atoms with Crippen molar-refractivity contribution in [3.8, 4) is 5.75 Å². The molecule has 2 aromatic carbocycles. The van der Waals surface area contributed by atoms with Gasteiger partial charge in [-0.2, -0.15) is 13.2 Å². The van der Waals surface area contributed by atoms with Crippen molar-refractivity contribution in [3.63, 3.8) is 0 Å². The summed E-state index contributed by atoms with van der Waals surface area (Å²) in [5.41, 5.74) is 0.170. The van der Waals surface area contributed by atoms with Crippen LogP contribution >= 0.6 is 11.6 Å². The topological polar surface area (TPSA) is 54.5 Å². The molecule has 0 spiro atoms. The Bertz CT molecular complexity index is 1140. The maximum absolute atomic E-state index is 13.3. The zero-order valence-corrected chi connectivity index (χ0v) is 20.4. The first-order valence-corrected chi connectivity index (χ1v) is 11.4. The van der Waals surface area contributed by atoms with E-state index >= 15 is 0 Å². The highest BCUT2D eigenvalue weighted by molar-refractivity contribution is 6.34. The van der Waals surface area contributed by atoms with E-state index in [2.05, 4.69) is 10.3 Å². The second-order valence-corrected chi connectivity index (χ2v) is 8.63. The first-order valence-electron chi connectivity index (χ1n) is 11.1. The van der Waals surface area contributed by atoms with E-state index in [1.54, 1.807) is 0 Å². The fourth-order valence-corrected chi connectivity index (χ4v) is 4.17. The average Bonchev–Trinajstić information content (AvgIpc) is 2.82. The Hall–Kier alpha value is -3.10. The van der Waals surface area contributed by atoms with Gasteiger partial charge in [0.25, 0.3) is 5.91 Å². The van der Waals surface area contributed by atoms with E-state index in [1.165, 1.54) is 0 Å². The summed E-state index contributed by atoms with van der Waals surface area (Å²) < 4.78 is 45.8. The fraction of sp³-hybridized carbons (Fsp3) is 0.308. The van der Waals surface area contributed by atoms with Gasteiger partial charge in [-0.05, 0) is 49.8 Å². The van der Waals surface area contributed by atoms with Crippen LogP contribution in [0.2, 0.25) is 5.02 Å². The van der Waals surface area contributed by atoms with Crippen LogP contribution in [0.25, 0.3) is 0 Å². The SMILES string of the molecule is CC[C@@H]([C@@H](NC(=O)c1nccc(C(F)(F)F)c1Cl)c1cccc(OCc2ccccc2)c1)N(C)C. The number of nitrogens with zero attached hydrogens (tertiary/aromatic N) is 2. The number of pyridine rings is 1. The molecule has 3 aromatic rings. The highest BCUT2D eigenvalue weighted by Gasteiger charge is 2.36. The Kier molecular flexibility index (Phi) is 8.75. The number of halogens is 4. The number of carbonyl (C=O) groups is 1. The first kappa shape index (κ1) is 26.5. The van der Waals surface area contributed by atoms with Gasteiger partial charge in [-0.3, -0.25) is 4.79 Å². The van der Waals surface area contributed by atoms with E-state index in [9.17, 15) is 18.0 Å². The Balaban J connectivity index is 1.90. The Labute approximate surface area is 207 Å². The molecule has 0 saturated heterocycles. The van der Waals surface area contributed by atoms with Gasteiger partial charge in [0.15, 0.2) is 0 Å². The van der Waals surface area contributed by atoms with Gasteiger partial charge in [0.1, 0.15) is 18.1 Å². The summed E-state index contributed by atoms with van der Waals surface area (Å²) in [4.78, 5) is 18.9. The van der Waals surface area contributed by atoms with Gasteiger partial charge in [-0.1, -0.05) is 61.0 Å². The summed E-state index contributed by atoms with van der Waals surface area (Å²) in [7, 11) is 3.75. The quantitative estimate of drug-likeness (QED) is 0.379. The molecule has 186 valence electrons. The Morgan fingerprint density at radius 3 is 2.46 bits per heavy atom. The number of nitrogens with one attached hydrogen (secondary N) is 1. The van der Waals surface area contributed by atoms with E-state index in [4.69, 9.17) is 16.3 Å². The fourth-order valence-electron chi connectivity index (χ4n) is 3.87. The van der Waals surface area contributed by atoms with Crippen LogP contribution in [0.1, 0.15) is 46.6 Å². The first-order chi connectivity index (χ1) is 16.6. The number of amides is 1. The van der Waals surface area contributed by atoms with Gasteiger partial charge in [-0.15, -0.1) is 0 Å². The van der Waals surface area contributed by atoms with E-state index in [1.807, 2.05) is 80.5 Å². The van der Waals surface area contributed by atoms with Crippen molar-refractivity contribution in [3.05, 3.63) is 94.3 Å². The predicted molar refractivity (Wildman–Crippen MR) is 129 cm³/mol. The van der Waals surface area contributed by atoms with Gasteiger partial charge in [0.05, 0.1) is 16.6 Å². The van der Waals surface area contributed by atoms with Gasteiger partial charge in [0.2, 0.25) is 0 Å². The number of likely N-dealkylation sites (N-methyl/N-ethyl adjacent to an activating group) is 1. The summed E-state index contributed by atoms with van der Waals surface area (Å²) in [5.74, 6) is -0.184. The number of alkyl halides is 3. The summed E-state index contributed by atoms with van der Waals surface area (Å²) in [6.07, 6.45) is -3.11. The summed E-state index contributed by atoms with van der Waals surface area (Å²) >= 11 is 5.94. The third-order valence-electron chi connectivity index (χ3n) is 5.63. The van der Waals surface area contributed by atoms with Crippen molar-refractivity contribution >= 4 is 17.5 Å². The molecule has 0 aliphatic heterocycles. The predicted octanol–water partition coefficient (Wildman–Crippen LogP) is 6.14. The molecule has 3 rings (SSSR count). The number of benzene rings is 2. The van der Waals surface area contributed by atoms with E-state index in [0.717, 1.165) is 23.4 Å². The molecule has 5 nitrogen and oxygen atoms in total. The van der Waals surface area contributed by atoms with Crippen LogP contribution < -0.4 is 10.1 Å². The lowest BCUT2D eigenvalue weighted by atomic mass is 9.96. The molecule has 1 aromatic heterocycles. The highest BCUT2D eigenvalue weighted by Crippen LogP contribution is 2.36. The number of carbonyl (C=O) groups excluding carboxylic acids is 1. The van der Waals surface area contributed by atoms with Gasteiger partial charge in [0, 0.05) is 12.2 Å². The van der Waals surface area contributed by atoms with Gasteiger partial charge >= 0.3 is 6.18 Å². The van der Waals surface area contributed by atoms with Crippen LogP contribution in [-0.2, 0) is 12.8 Å². The third kappa shape index (κ3) is 6.74. The van der Waals surface area contributed by atoms with Crippen molar-refractivity contribution in [1.29, 1.82) is 0 Å². The van der Waals surface area contributed by atoms with Crippen LogP contribution in [0.4, 0.5) is 13.2 Å². The Morgan fingerprint density at radius 2 is 1.83 bits per heavy atom. The summed E-state index contributed by atoms with van der Waals surface area (Å²) in [6, 6.07) is 17.0. The molecule has 0 saturated carbocycles. The normalized spacial score (nSPS) is 13.4. The molecule has 0 aliphatic rings. The largest absolute Gasteiger partial charge is 0.489 e. The molecular weight excluding hydrogens is 479 g/mol. The minimum Gasteiger partial charge on any atom is -0.489 e. The van der Waals surface area contributed by atoms with Crippen LogP contribution in [0.3, 0.4) is 0 Å². The number of ether oxygens (including phenoxy) is 1. The molecule has 0 fully saturated rings. The minimum absolute atomic E-state index is 0.159. The van der Waals surface area contributed by atoms with Crippen molar-refractivity contribution in [2.45, 2.75) is 38.2 Å². The molecule has 1 amide bonds. The third-order valence-corrected chi connectivity index (χ3v) is 6.01. The van der Waals surface area contributed by atoms with Gasteiger partial charge in [-0.25, -0.2) is 4.98 Å². The molecule has 9 heteroatoms. The smallest absolute Gasteiger partial charge is 0.417 e. The molecule has 1 N–H and O–H groups in total. The monoisotopic (exact) mass is 505 g/mol. The molecule has 1 heterocycles. The minimum atomic E-state index is -4.70. The molecule has 2 atom stereocenters. The zero-order valence-electron chi connectivity index (χ0n) is 19.6. The van der Waals surface area contributed by atoms with E-state index < -0.39 is 34.4 Å².